The van der Waals surface area contributed by atoms with Crippen LogP contribution in [0.15, 0.2) is 18.2 Å². The fourth-order valence-electron chi connectivity index (χ4n) is 5.00. The van der Waals surface area contributed by atoms with Gasteiger partial charge in [-0.05, 0) is 84.7 Å². The lowest BCUT2D eigenvalue weighted by atomic mass is 9.70. The van der Waals surface area contributed by atoms with Crippen molar-refractivity contribution < 1.29 is 22.0 Å². The largest absolute Gasteiger partial charge is 0.206 e. The highest BCUT2D eigenvalue weighted by Gasteiger charge is 2.32. The first-order chi connectivity index (χ1) is 13.3. The molecule has 1 atom stereocenters. The van der Waals surface area contributed by atoms with Gasteiger partial charge in [0.15, 0.2) is 17.5 Å². The van der Waals surface area contributed by atoms with Gasteiger partial charge >= 0.3 is 0 Å². The van der Waals surface area contributed by atoms with E-state index in [1.165, 1.54) is 31.7 Å². The molecule has 1 fully saturated rings. The van der Waals surface area contributed by atoms with Crippen LogP contribution in [0, 0.1) is 46.8 Å². The van der Waals surface area contributed by atoms with Crippen molar-refractivity contribution in [3.05, 3.63) is 58.4 Å². The molecule has 28 heavy (non-hydrogen) atoms. The van der Waals surface area contributed by atoms with Crippen LogP contribution in [0.25, 0.3) is 11.1 Å². The van der Waals surface area contributed by atoms with Gasteiger partial charge in [0, 0.05) is 0 Å². The van der Waals surface area contributed by atoms with E-state index < -0.39 is 34.6 Å². The molecule has 2 aromatic carbocycles. The van der Waals surface area contributed by atoms with Crippen LogP contribution >= 0.6 is 0 Å². The van der Waals surface area contributed by atoms with Crippen molar-refractivity contribution in [2.24, 2.45) is 17.8 Å². The quantitative estimate of drug-likeness (QED) is 0.381. The molecule has 0 aromatic heterocycles. The van der Waals surface area contributed by atoms with Crippen molar-refractivity contribution in [3.63, 3.8) is 0 Å². The van der Waals surface area contributed by atoms with Crippen molar-refractivity contribution in [1.29, 1.82) is 0 Å². The summed E-state index contributed by atoms with van der Waals surface area (Å²) in [5, 5.41) is 0. The van der Waals surface area contributed by atoms with Gasteiger partial charge in [-0.1, -0.05) is 19.8 Å². The van der Waals surface area contributed by atoms with Gasteiger partial charge in [0.1, 0.15) is 11.6 Å². The van der Waals surface area contributed by atoms with E-state index in [0.717, 1.165) is 12.3 Å². The molecule has 2 aliphatic carbocycles. The monoisotopic (exact) mass is 394 g/mol. The van der Waals surface area contributed by atoms with E-state index in [0.29, 0.717) is 47.9 Å². The SMILES string of the molecule is CC1CCC(C2CCc3c(cc(F)c(-c4cc(F)c(F)c(F)c4)c3F)C2)CC1. The first-order valence-electron chi connectivity index (χ1n) is 9.99. The summed E-state index contributed by atoms with van der Waals surface area (Å²) < 4.78 is 70.1. The molecule has 2 aliphatic rings. The summed E-state index contributed by atoms with van der Waals surface area (Å²) in [7, 11) is 0. The summed E-state index contributed by atoms with van der Waals surface area (Å²) in [5.74, 6) is -4.44. The molecule has 0 spiro atoms. The number of fused-ring (bicyclic) bond motifs is 1. The minimum Gasteiger partial charge on any atom is -0.206 e. The smallest absolute Gasteiger partial charge is 0.194 e. The maximum atomic E-state index is 15.1. The normalized spacial score (nSPS) is 24.9. The van der Waals surface area contributed by atoms with Gasteiger partial charge in [-0.25, -0.2) is 22.0 Å². The van der Waals surface area contributed by atoms with Gasteiger partial charge in [-0.15, -0.1) is 0 Å². The van der Waals surface area contributed by atoms with Crippen LogP contribution in [0.1, 0.15) is 50.2 Å². The van der Waals surface area contributed by atoms with Crippen LogP contribution in [-0.2, 0) is 12.8 Å². The van der Waals surface area contributed by atoms with Crippen molar-refractivity contribution in [2.75, 3.05) is 0 Å². The van der Waals surface area contributed by atoms with Crippen molar-refractivity contribution >= 4 is 0 Å². The Morgan fingerprint density at radius 2 is 1.36 bits per heavy atom. The molecule has 150 valence electrons. The highest BCUT2D eigenvalue weighted by atomic mass is 19.2. The highest BCUT2D eigenvalue weighted by molar-refractivity contribution is 5.67. The Bertz CT molecular complexity index is 873. The Morgan fingerprint density at radius 3 is 2.00 bits per heavy atom. The molecular weight excluding hydrogens is 371 g/mol. The maximum Gasteiger partial charge on any atom is 0.194 e. The third-order valence-electron chi connectivity index (χ3n) is 6.66. The second-order valence-corrected chi connectivity index (χ2v) is 8.46. The molecule has 4 rings (SSSR count). The van der Waals surface area contributed by atoms with Gasteiger partial charge in [0.25, 0.3) is 0 Å². The fourth-order valence-corrected chi connectivity index (χ4v) is 5.00. The van der Waals surface area contributed by atoms with E-state index in [4.69, 9.17) is 0 Å². The third kappa shape index (κ3) is 3.44. The summed E-state index contributed by atoms with van der Waals surface area (Å²) in [5.41, 5.74) is 0.262. The molecule has 1 unspecified atom stereocenters. The lowest BCUT2D eigenvalue weighted by Crippen LogP contribution is -2.27. The number of benzene rings is 2. The number of hydrogen-bond acceptors (Lipinski definition) is 0. The van der Waals surface area contributed by atoms with E-state index >= 15 is 4.39 Å². The van der Waals surface area contributed by atoms with Crippen molar-refractivity contribution in [2.45, 2.75) is 51.9 Å². The van der Waals surface area contributed by atoms with Gasteiger partial charge < -0.3 is 0 Å². The Morgan fingerprint density at radius 1 is 0.714 bits per heavy atom. The minimum atomic E-state index is -1.65. The van der Waals surface area contributed by atoms with E-state index in [-0.39, 0.29) is 5.56 Å². The zero-order valence-corrected chi connectivity index (χ0v) is 15.8. The van der Waals surface area contributed by atoms with Crippen LogP contribution < -0.4 is 0 Å². The standard InChI is InChI=1S/C23H23F5/c1-12-2-4-13(5-3-12)14-6-7-17-15(8-14)9-18(24)21(22(17)27)16-10-19(25)23(28)20(26)11-16/h9-14H,2-8H2,1H3. The molecule has 1 saturated carbocycles. The average molecular weight is 394 g/mol. The number of halogens is 5. The van der Waals surface area contributed by atoms with Gasteiger partial charge in [-0.2, -0.15) is 0 Å². The van der Waals surface area contributed by atoms with Crippen molar-refractivity contribution in [3.8, 4) is 11.1 Å². The predicted octanol–water partition coefficient (Wildman–Crippen LogP) is 6.98. The highest BCUT2D eigenvalue weighted by Crippen LogP contribution is 2.42. The maximum absolute atomic E-state index is 15.1. The van der Waals surface area contributed by atoms with Crippen LogP contribution in [0.5, 0.6) is 0 Å². The third-order valence-corrected chi connectivity index (χ3v) is 6.66. The van der Waals surface area contributed by atoms with Crippen LogP contribution in [0.2, 0.25) is 0 Å². The molecule has 0 heterocycles. The first kappa shape index (κ1) is 19.4. The van der Waals surface area contributed by atoms with Crippen LogP contribution in [0.3, 0.4) is 0 Å². The molecule has 0 radical (unpaired) electrons. The van der Waals surface area contributed by atoms with Crippen LogP contribution in [-0.4, -0.2) is 0 Å². The topological polar surface area (TPSA) is 0 Å². The summed E-state index contributed by atoms with van der Waals surface area (Å²) in [6.07, 6.45) is 6.69. The van der Waals surface area contributed by atoms with Gasteiger partial charge in [-0.3, -0.25) is 0 Å². The van der Waals surface area contributed by atoms with E-state index in [9.17, 15) is 17.6 Å². The Labute approximate surface area is 161 Å². The second-order valence-electron chi connectivity index (χ2n) is 8.46. The minimum absolute atomic E-state index is 0.322. The molecule has 0 bridgehead atoms. The molecular formula is C23H23F5. The van der Waals surface area contributed by atoms with E-state index in [1.54, 1.807) is 0 Å². The molecule has 0 saturated heterocycles. The molecule has 0 amide bonds. The number of hydrogen-bond donors (Lipinski definition) is 0. The zero-order valence-electron chi connectivity index (χ0n) is 15.8. The second kappa shape index (κ2) is 7.49. The number of rotatable bonds is 2. The van der Waals surface area contributed by atoms with E-state index in [2.05, 4.69) is 6.92 Å². The Balaban J connectivity index is 1.66. The van der Waals surface area contributed by atoms with E-state index in [1.807, 2.05) is 0 Å². The van der Waals surface area contributed by atoms with Crippen LogP contribution in [0.4, 0.5) is 22.0 Å². The molecule has 2 aromatic rings. The molecule has 0 nitrogen and oxygen atoms in total. The lowest BCUT2D eigenvalue weighted by molar-refractivity contribution is 0.196. The average Bonchev–Trinajstić information content (AvgIpc) is 2.66. The summed E-state index contributed by atoms with van der Waals surface area (Å²) in [6.45, 7) is 2.26. The fraction of sp³-hybridized carbons (Fsp3) is 0.478. The Hall–Kier alpha value is -1.91. The summed E-state index contributed by atoms with van der Waals surface area (Å²) >= 11 is 0. The lowest BCUT2D eigenvalue weighted by Gasteiger charge is -2.36. The predicted molar refractivity (Wildman–Crippen MR) is 98.3 cm³/mol. The molecule has 5 heteroatoms. The van der Waals surface area contributed by atoms with Crippen molar-refractivity contribution in [1.82, 2.24) is 0 Å². The van der Waals surface area contributed by atoms with Gasteiger partial charge in [0.05, 0.1) is 5.56 Å². The molecule has 0 N–H and O–H groups in total. The van der Waals surface area contributed by atoms with Gasteiger partial charge in [0.2, 0.25) is 0 Å². The summed E-state index contributed by atoms with van der Waals surface area (Å²) in [6, 6.07) is 2.58. The Kier molecular flexibility index (Phi) is 5.19. The first-order valence-corrected chi connectivity index (χ1v) is 9.99. The zero-order chi connectivity index (χ0) is 20.0. The molecule has 0 aliphatic heterocycles. The summed E-state index contributed by atoms with van der Waals surface area (Å²) in [4.78, 5) is 0.